The first-order valence-corrected chi connectivity index (χ1v) is 2.66. The number of hydrogen-bond donors (Lipinski definition) is 1. The number of nitrogens with zero attached hydrogens (tertiary/aromatic N) is 1. The fourth-order valence-corrected chi connectivity index (χ4v) is 0.274. The lowest BCUT2D eigenvalue weighted by atomic mass is 10.6. The van der Waals surface area contributed by atoms with E-state index in [9.17, 15) is 4.79 Å². The number of primary amides is 1. The van der Waals surface area contributed by atoms with Crippen LogP contribution in [0.1, 0.15) is 6.92 Å². The van der Waals surface area contributed by atoms with Crippen LogP contribution in [0.25, 0.3) is 0 Å². The minimum absolute atomic E-state index is 0. The van der Waals surface area contributed by atoms with E-state index < -0.39 is 6.09 Å². The highest BCUT2D eigenvalue weighted by molar-refractivity contribution is 5.85. The number of halogens is 1. The van der Waals surface area contributed by atoms with E-state index >= 15 is 0 Å². The van der Waals surface area contributed by atoms with Crippen molar-refractivity contribution in [3.05, 3.63) is 0 Å². The summed E-state index contributed by atoms with van der Waals surface area (Å²) in [5.74, 6) is 0. The van der Waals surface area contributed by atoms with Gasteiger partial charge in [-0.05, 0) is 21.0 Å². The van der Waals surface area contributed by atoms with Gasteiger partial charge in [-0.1, -0.05) is 0 Å². The van der Waals surface area contributed by atoms with Crippen LogP contribution in [0.2, 0.25) is 0 Å². The second-order valence-corrected chi connectivity index (χ2v) is 2.00. The van der Waals surface area contributed by atoms with Crippen LogP contribution < -0.4 is 5.73 Å². The van der Waals surface area contributed by atoms with Crippen molar-refractivity contribution >= 4 is 18.5 Å². The molecule has 0 heterocycles. The molecule has 0 bridgehead atoms. The first-order chi connectivity index (χ1) is 4.04. The number of nitrogens with two attached hydrogens (primary N) is 1. The molecule has 0 aliphatic heterocycles. The lowest BCUT2D eigenvalue weighted by molar-refractivity contribution is 0.0327. The smallest absolute Gasteiger partial charge is 0.406 e. The molecule has 5 heteroatoms. The van der Waals surface area contributed by atoms with E-state index in [1.165, 1.54) is 0 Å². The van der Waals surface area contributed by atoms with Crippen LogP contribution >= 0.6 is 12.4 Å². The molecule has 0 aliphatic rings. The molecular weight excluding hydrogens is 156 g/mol. The Bertz CT molecular complexity index is 108. The zero-order valence-corrected chi connectivity index (χ0v) is 7.14. The molecule has 0 aromatic carbocycles. The Labute approximate surface area is 66.7 Å². The van der Waals surface area contributed by atoms with E-state index in [4.69, 9.17) is 5.73 Å². The summed E-state index contributed by atoms with van der Waals surface area (Å²) in [5.41, 5.74) is 4.74. The Morgan fingerprint density at radius 2 is 2.00 bits per heavy atom. The van der Waals surface area contributed by atoms with Crippen LogP contribution in [0.4, 0.5) is 4.79 Å². The van der Waals surface area contributed by atoms with Gasteiger partial charge in [0.15, 0.2) is 6.23 Å². The van der Waals surface area contributed by atoms with Gasteiger partial charge in [-0.3, -0.25) is 4.90 Å². The fraction of sp³-hybridized carbons (Fsp3) is 0.800. The average molecular weight is 169 g/mol. The zero-order chi connectivity index (χ0) is 7.44. The standard InChI is InChI=1S/C5H12N2O2.ClH/c1-4(7(2)3)9-5(6)8;/h4H,1-3H3,(H2,6,8);1H. The summed E-state index contributed by atoms with van der Waals surface area (Å²) in [7, 11) is 3.60. The summed E-state index contributed by atoms with van der Waals surface area (Å²) in [6.45, 7) is 1.74. The molecular formula is C5H13ClN2O2. The van der Waals surface area contributed by atoms with Gasteiger partial charge in [-0.2, -0.15) is 0 Å². The van der Waals surface area contributed by atoms with Gasteiger partial charge in [0.1, 0.15) is 0 Å². The molecule has 1 atom stereocenters. The molecule has 4 nitrogen and oxygen atoms in total. The van der Waals surface area contributed by atoms with Crippen molar-refractivity contribution in [3.8, 4) is 0 Å². The van der Waals surface area contributed by atoms with Crippen molar-refractivity contribution in [2.75, 3.05) is 14.1 Å². The minimum atomic E-state index is -0.740. The minimum Gasteiger partial charge on any atom is -0.431 e. The van der Waals surface area contributed by atoms with Gasteiger partial charge in [-0.25, -0.2) is 4.79 Å². The molecule has 2 N–H and O–H groups in total. The van der Waals surface area contributed by atoms with E-state index in [2.05, 4.69) is 4.74 Å². The lowest BCUT2D eigenvalue weighted by Gasteiger charge is -2.17. The number of amides is 1. The molecule has 0 radical (unpaired) electrons. The molecule has 0 saturated carbocycles. The summed E-state index contributed by atoms with van der Waals surface area (Å²) in [5, 5.41) is 0. The van der Waals surface area contributed by atoms with Crippen LogP contribution in [0, 0.1) is 0 Å². The third kappa shape index (κ3) is 5.65. The normalized spacial score (nSPS) is 12.0. The zero-order valence-electron chi connectivity index (χ0n) is 6.33. The number of ether oxygens (including phenoxy) is 1. The van der Waals surface area contributed by atoms with Gasteiger partial charge >= 0.3 is 6.09 Å². The van der Waals surface area contributed by atoms with E-state index in [1.807, 2.05) is 0 Å². The monoisotopic (exact) mass is 168 g/mol. The third-order valence-corrected chi connectivity index (χ3v) is 1.01. The molecule has 62 valence electrons. The first-order valence-electron chi connectivity index (χ1n) is 2.66. The Morgan fingerprint density at radius 1 is 1.60 bits per heavy atom. The molecule has 0 aromatic heterocycles. The molecule has 1 unspecified atom stereocenters. The quantitative estimate of drug-likeness (QED) is 0.608. The molecule has 0 saturated heterocycles. The predicted octanol–water partition coefficient (Wildman–Crippen LogP) is 0.411. The van der Waals surface area contributed by atoms with Crippen molar-refractivity contribution in [2.24, 2.45) is 5.73 Å². The number of hydrogen-bond acceptors (Lipinski definition) is 3. The van der Waals surface area contributed by atoms with Crippen LogP contribution in [0.3, 0.4) is 0 Å². The van der Waals surface area contributed by atoms with Crippen molar-refractivity contribution < 1.29 is 9.53 Å². The highest BCUT2D eigenvalue weighted by Gasteiger charge is 2.05. The average Bonchev–Trinajstić information content (AvgIpc) is 1.63. The Hall–Kier alpha value is -0.480. The van der Waals surface area contributed by atoms with Crippen LogP contribution in [-0.4, -0.2) is 31.3 Å². The van der Waals surface area contributed by atoms with Crippen LogP contribution in [-0.2, 0) is 4.74 Å². The summed E-state index contributed by atoms with van der Waals surface area (Å²) in [4.78, 5) is 11.8. The highest BCUT2D eigenvalue weighted by Crippen LogP contribution is 1.91. The van der Waals surface area contributed by atoms with E-state index in [1.54, 1.807) is 25.9 Å². The molecule has 0 aromatic rings. The van der Waals surface area contributed by atoms with Gasteiger partial charge in [0.2, 0.25) is 0 Å². The maximum Gasteiger partial charge on any atom is 0.406 e. The van der Waals surface area contributed by atoms with Gasteiger partial charge in [0.25, 0.3) is 0 Å². The number of rotatable bonds is 2. The first kappa shape index (κ1) is 12.2. The molecule has 1 amide bonds. The summed E-state index contributed by atoms with van der Waals surface area (Å²) < 4.78 is 4.58. The Morgan fingerprint density at radius 3 is 2.10 bits per heavy atom. The second kappa shape index (κ2) is 5.32. The van der Waals surface area contributed by atoms with Crippen molar-refractivity contribution in [2.45, 2.75) is 13.2 Å². The topological polar surface area (TPSA) is 55.6 Å². The van der Waals surface area contributed by atoms with Crippen molar-refractivity contribution in [1.82, 2.24) is 4.90 Å². The second-order valence-electron chi connectivity index (χ2n) is 2.00. The number of carbonyl (C=O) groups is 1. The number of carbonyl (C=O) groups excluding carboxylic acids is 1. The van der Waals surface area contributed by atoms with Gasteiger partial charge in [-0.15, -0.1) is 12.4 Å². The summed E-state index contributed by atoms with van der Waals surface area (Å²) in [6.07, 6.45) is -0.987. The van der Waals surface area contributed by atoms with Crippen molar-refractivity contribution in [1.29, 1.82) is 0 Å². The van der Waals surface area contributed by atoms with E-state index in [0.717, 1.165) is 0 Å². The van der Waals surface area contributed by atoms with Gasteiger partial charge in [0.05, 0.1) is 0 Å². The van der Waals surface area contributed by atoms with Crippen LogP contribution in [0.15, 0.2) is 0 Å². The fourth-order valence-electron chi connectivity index (χ4n) is 0.274. The summed E-state index contributed by atoms with van der Waals surface area (Å²) in [6, 6.07) is 0. The van der Waals surface area contributed by atoms with E-state index in [0.29, 0.717) is 0 Å². The molecule has 0 spiro atoms. The Kier molecular flexibility index (Phi) is 6.50. The predicted molar refractivity (Wildman–Crippen MR) is 41.1 cm³/mol. The van der Waals surface area contributed by atoms with Gasteiger partial charge in [0, 0.05) is 0 Å². The summed E-state index contributed by atoms with van der Waals surface area (Å²) >= 11 is 0. The largest absolute Gasteiger partial charge is 0.431 e. The maximum absolute atomic E-state index is 10.1. The van der Waals surface area contributed by atoms with E-state index in [-0.39, 0.29) is 18.6 Å². The molecule has 0 fully saturated rings. The molecule has 10 heavy (non-hydrogen) atoms. The Balaban J connectivity index is 0. The third-order valence-electron chi connectivity index (χ3n) is 1.01. The van der Waals surface area contributed by atoms with Crippen molar-refractivity contribution in [3.63, 3.8) is 0 Å². The highest BCUT2D eigenvalue weighted by atomic mass is 35.5. The SMILES string of the molecule is CC(OC(N)=O)N(C)C.Cl. The lowest BCUT2D eigenvalue weighted by Crippen LogP contribution is -2.31. The van der Waals surface area contributed by atoms with Crippen LogP contribution in [0.5, 0.6) is 0 Å². The molecule has 0 rings (SSSR count). The van der Waals surface area contributed by atoms with Gasteiger partial charge < -0.3 is 10.5 Å². The maximum atomic E-state index is 10.1. The molecule has 0 aliphatic carbocycles.